The van der Waals surface area contributed by atoms with Crippen molar-refractivity contribution in [3.63, 3.8) is 0 Å². The Balaban J connectivity index is 1.87. The summed E-state index contributed by atoms with van der Waals surface area (Å²) in [7, 11) is 6.04. The van der Waals surface area contributed by atoms with E-state index in [0.29, 0.717) is 0 Å². The zero-order valence-electron chi connectivity index (χ0n) is 18.1. The number of fused-ring (bicyclic) bond motifs is 2. The zero-order chi connectivity index (χ0) is 22.1. The molecule has 2 aliphatic heterocycles. The van der Waals surface area contributed by atoms with E-state index in [4.69, 9.17) is 9.47 Å². The number of imide groups is 2. The number of allylic oxidation sites excluding steroid dienone is 2. The molecule has 2 saturated heterocycles. The summed E-state index contributed by atoms with van der Waals surface area (Å²) < 4.78 is 11.1. The maximum atomic E-state index is 13.2. The fourth-order valence-corrected chi connectivity index (χ4v) is 6.13. The smallest absolute Gasteiger partial charge is 0.235 e. The molecule has 4 rings (SSSR count). The summed E-state index contributed by atoms with van der Waals surface area (Å²) in [4.78, 5) is 54.4. The molecule has 30 heavy (non-hydrogen) atoms. The first-order chi connectivity index (χ1) is 14.1. The first-order valence-corrected chi connectivity index (χ1v) is 10.2. The van der Waals surface area contributed by atoms with Gasteiger partial charge < -0.3 is 9.47 Å². The van der Waals surface area contributed by atoms with E-state index in [1.807, 2.05) is 26.0 Å². The number of carbonyl (C=O) groups is 4. The van der Waals surface area contributed by atoms with Gasteiger partial charge in [-0.3, -0.25) is 29.0 Å². The molecule has 162 valence electrons. The van der Waals surface area contributed by atoms with E-state index >= 15 is 0 Å². The summed E-state index contributed by atoms with van der Waals surface area (Å²) in [6.45, 7) is 3.83. The maximum absolute atomic E-state index is 13.2. The molecule has 8 nitrogen and oxygen atoms in total. The van der Waals surface area contributed by atoms with Crippen molar-refractivity contribution in [2.75, 3.05) is 28.3 Å². The molecular formula is C22H28N2O6. The predicted molar refractivity (Wildman–Crippen MR) is 106 cm³/mol. The van der Waals surface area contributed by atoms with Gasteiger partial charge in [0, 0.05) is 28.3 Å². The molecule has 0 bridgehead atoms. The molecule has 0 unspecified atom stereocenters. The fourth-order valence-electron chi connectivity index (χ4n) is 6.13. The Bertz CT molecular complexity index is 820. The highest BCUT2D eigenvalue weighted by Crippen LogP contribution is 2.53. The molecule has 2 aliphatic carbocycles. The number of rotatable bonds is 3. The van der Waals surface area contributed by atoms with Crippen LogP contribution in [0.25, 0.3) is 0 Å². The van der Waals surface area contributed by atoms with E-state index in [1.54, 1.807) is 0 Å². The van der Waals surface area contributed by atoms with Gasteiger partial charge in [-0.1, -0.05) is 23.3 Å². The number of amides is 4. The van der Waals surface area contributed by atoms with E-state index in [9.17, 15) is 19.2 Å². The number of likely N-dealkylation sites (tertiary alicyclic amines) is 2. The van der Waals surface area contributed by atoms with Crippen LogP contribution in [0.4, 0.5) is 0 Å². The molecule has 0 aromatic heterocycles. The molecule has 0 aromatic rings. The first kappa shape index (κ1) is 20.9. The van der Waals surface area contributed by atoms with Gasteiger partial charge in [-0.15, -0.1) is 0 Å². The van der Waals surface area contributed by atoms with Crippen LogP contribution in [-0.4, -0.2) is 74.0 Å². The van der Waals surface area contributed by atoms with Gasteiger partial charge in [0.05, 0.1) is 35.9 Å². The van der Waals surface area contributed by atoms with Crippen LogP contribution in [0.5, 0.6) is 0 Å². The molecular weight excluding hydrogens is 388 g/mol. The molecule has 2 heterocycles. The molecule has 2 fully saturated rings. The van der Waals surface area contributed by atoms with Crippen molar-refractivity contribution in [1.82, 2.24) is 9.80 Å². The minimum Gasteiger partial charge on any atom is -0.377 e. The molecule has 0 radical (unpaired) electrons. The van der Waals surface area contributed by atoms with E-state index in [1.165, 1.54) is 38.1 Å². The summed E-state index contributed by atoms with van der Waals surface area (Å²) in [5.74, 6) is -4.28. The van der Waals surface area contributed by atoms with Crippen molar-refractivity contribution in [1.29, 1.82) is 0 Å². The Morgan fingerprint density at radius 2 is 0.900 bits per heavy atom. The average Bonchev–Trinajstić information content (AvgIpc) is 3.08. The van der Waals surface area contributed by atoms with E-state index < -0.39 is 35.9 Å². The molecule has 4 amide bonds. The van der Waals surface area contributed by atoms with Gasteiger partial charge in [0.1, 0.15) is 0 Å². The second kappa shape index (κ2) is 7.13. The average molecular weight is 416 g/mol. The lowest BCUT2D eigenvalue weighted by atomic mass is 9.58. The highest BCUT2D eigenvalue weighted by atomic mass is 16.5. The van der Waals surface area contributed by atoms with Gasteiger partial charge >= 0.3 is 0 Å². The van der Waals surface area contributed by atoms with Crippen molar-refractivity contribution in [3.05, 3.63) is 23.3 Å². The number of carbonyl (C=O) groups excluding carboxylic acids is 4. The Morgan fingerprint density at radius 1 is 0.600 bits per heavy atom. The third kappa shape index (κ3) is 2.59. The lowest BCUT2D eigenvalue weighted by Crippen LogP contribution is -2.48. The van der Waals surface area contributed by atoms with Crippen LogP contribution in [0.2, 0.25) is 0 Å². The number of hydrogen-bond acceptors (Lipinski definition) is 6. The van der Waals surface area contributed by atoms with E-state index in [-0.39, 0.29) is 35.5 Å². The van der Waals surface area contributed by atoms with Gasteiger partial charge in [0.25, 0.3) is 0 Å². The molecule has 0 saturated carbocycles. The second-order valence-electron chi connectivity index (χ2n) is 8.85. The maximum Gasteiger partial charge on any atom is 0.235 e. The van der Waals surface area contributed by atoms with Crippen LogP contribution < -0.4 is 0 Å². The quantitative estimate of drug-likeness (QED) is 0.495. The van der Waals surface area contributed by atoms with Crippen molar-refractivity contribution in [3.8, 4) is 0 Å². The van der Waals surface area contributed by atoms with Crippen molar-refractivity contribution < 1.29 is 28.7 Å². The van der Waals surface area contributed by atoms with Gasteiger partial charge in [-0.25, -0.2) is 0 Å². The SMILES string of the molecule is CO[C@H]1C=C(C)[C@H]([C@@H]2C(C)=C[C@@H](OC)[C@H]3C(=O)N(C)C(=O)[C@@H]23)[C@H]2C(=O)N(C)C(=O)[C@H]21. The third-order valence-corrected chi connectivity index (χ3v) is 7.56. The first-order valence-electron chi connectivity index (χ1n) is 10.2. The Kier molecular flexibility index (Phi) is 4.97. The Morgan fingerprint density at radius 3 is 1.20 bits per heavy atom. The standard InChI is InChI=1S/C22H28N2O6/c1-9-7-11(29-5)15-17(21(27)23(3)19(15)25)13(9)14-10(2)8-12(30-6)16-18(14)22(28)24(4)20(16)26/h7-8,11-18H,1-6H3/t11-,12+,13+,14-,15-,16+,17+,18-. The van der Waals surface area contributed by atoms with Crippen LogP contribution in [0, 0.1) is 35.5 Å². The summed E-state index contributed by atoms with van der Waals surface area (Å²) in [6.07, 6.45) is 2.80. The van der Waals surface area contributed by atoms with E-state index in [0.717, 1.165) is 11.1 Å². The van der Waals surface area contributed by atoms with Gasteiger partial charge in [-0.2, -0.15) is 0 Å². The topological polar surface area (TPSA) is 93.2 Å². The minimum atomic E-state index is -0.627. The molecule has 8 atom stereocenters. The normalized spacial score (nSPS) is 41.1. The third-order valence-electron chi connectivity index (χ3n) is 7.56. The fraction of sp³-hybridized carbons (Fsp3) is 0.636. The molecule has 4 aliphatic rings. The van der Waals surface area contributed by atoms with Crippen molar-refractivity contribution >= 4 is 23.6 Å². The van der Waals surface area contributed by atoms with Gasteiger partial charge in [0.15, 0.2) is 0 Å². The predicted octanol–water partition coefficient (Wildman–Crippen LogP) is 0.631. The summed E-state index contributed by atoms with van der Waals surface area (Å²) in [5.41, 5.74) is 1.81. The number of hydrogen-bond donors (Lipinski definition) is 0. The van der Waals surface area contributed by atoms with Crippen LogP contribution in [0.15, 0.2) is 23.3 Å². The number of methoxy groups -OCH3 is 2. The van der Waals surface area contributed by atoms with Crippen LogP contribution >= 0.6 is 0 Å². The monoisotopic (exact) mass is 416 g/mol. The Hall–Kier alpha value is -2.32. The molecule has 0 N–H and O–H groups in total. The zero-order valence-corrected chi connectivity index (χ0v) is 18.1. The van der Waals surface area contributed by atoms with Crippen LogP contribution in [0.1, 0.15) is 13.8 Å². The highest BCUT2D eigenvalue weighted by Gasteiger charge is 2.62. The Labute approximate surface area is 175 Å². The van der Waals surface area contributed by atoms with Crippen LogP contribution in [-0.2, 0) is 28.7 Å². The summed E-state index contributed by atoms with van der Waals surface area (Å²) >= 11 is 0. The molecule has 0 aromatic carbocycles. The van der Waals surface area contributed by atoms with Gasteiger partial charge in [-0.05, 0) is 25.7 Å². The van der Waals surface area contributed by atoms with Crippen molar-refractivity contribution in [2.24, 2.45) is 35.5 Å². The summed E-state index contributed by atoms with van der Waals surface area (Å²) in [5, 5.41) is 0. The lowest BCUT2D eigenvalue weighted by molar-refractivity contribution is -0.141. The number of ether oxygens (including phenoxy) is 2. The van der Waals surface area contributed by atoms with Gasteiger partial charge in [0.2, 0.25) is 23.6 Å². The molecule has 0 spiro atoms. The van der Waals surface area contributed by atoms with Crippen molar-refractivity contribution in [2.45, 2.75) is 26.1 Å². The highest BCUT2D eigenvalue weighted by molar-refractivity contribution is 6.07. The molecule has 8 heteroatoms. The van der Waals surface area contributed by atoms with E-state index in [2.05, 4.69) is 0 Å². The minimum absolute atomic E-state index is 0.257. The van der Waals surface area contributed by atoms with Crippen LogP contribution in [0.3, 0.4) is 0 Å². The lowest BCUT2D eigenvalue weighted by Gasteiger charge is -2.44. The summed E-state index contributed by atoms with van der Waals surface area (Å²) in [6, 6.07) is 0. The number of nitrogens with zero attached hydrogens (tertiary/aromatic N) is 2. The second-order valence-corrected chi connectivity index (χ2v) is 8.85. The largest absolute Gasteiger partial charge is 0.377 e.